The molecule has 0 aromatic heterocycles. The van der Waals surface area contributed by atoms with E-state index in [0.29, 0.717) is 11.9 Å². The minimum atomic E-state index is -1.92. The Morgan fingerprint density at radius 1 is 1.57 bits per heavy atom. The summed E-state index contributed by atoms with van der Waals surface area (Å²) < 4.78 is 12.2. The Kier molecular flexibility index (Phi) is 3.46. The van der Waals surface area contributed by atoms with E-state index in [1.807, 2.05) is 0 Å². The summed E-state index contributed by atoms with van der Waals surface area (Å²) in [4.78, 5) is 11.4. The molecular weight excluding hydrogens is 198 g/mol. The van der Waals surface area contributed by atoms with Gasteiger partial charge in [0.15, 0.2) is 8.24 Å². The molecule has 0 spiro atoms. The molecule has 0 unspecified atom stereocenters. The Labute approximate surface area is 85.6 Å². The number of carbonyl (C=O) groups excluding carboxylic acids is 1. The van der Waals surface area contributed by atoms with E-state index < -0.39 is 8.24 Å². The Hall–Kier alpha value is -0.653. The lowest BCUT2D eigenvalue weighted by atomic mass is 10.6. The topological polar surface area (TPSA) is 38.8 Å². The second-order valence-corrected chi connectivity index (χ2v) is 8.18. The van der Waals surface area contributed by atoms with Crippen molar-refractivity contribution in [3.63, 3.8) is 0 Å². The molecule has 0 bridgehead atoms. The third kappa shape index (κ3) is 2.05. The molecule has 0 aromatic carbocycles. The van der Waals surface area contributed by atoms with Crippen molar-refractivity contribution in [3.8, 4) is 0 Å². The highest BCUT2D eigenvalue weighted by molar-refractivity contribution is 6.85. The zero-order chi connectivity index (χ0) is 10.8. The average Bonchev–Trinajstić information content (AvgIpc) is 2.68. The Morgan fingerprint density at radius 2 is 2.21 bits per heavy atom. The molecule has 1 fully saturated rings. The lowest BCUT2D eigenvalue weighted by Gasteiger charge is -2.32. The van der Waals surface area contributed by atoms with E-state index in [2.05, 4.69) is 29.0 Å². The highest BCUT2D eigenvalue weighted by atomic mass is 28.3. The van der Waals surface area contributed by atoms with Crippen molar-refractivity contribution in [1.29, 1.82) is 0 Å². The van der Waals surface area contributed by atoms with Crippen molar-refractivity contribution >= 4 is 14.2 Å². The monoisotopic (exact) mass is 215 g/mol. The highest BCUT2D eigenvalue weighted by Crippen LogP contribution is 2.21. The largest absolute Gasteiger partial charge is 0.466 e. The molecule has 0 saturated carbocycles. The van der Waals surface area contributed by atoms with Crippen LogP contribution in [0.4, 0.5) is 0 Å². The Morgan fingerprint density at radius 3 is 2.64 bits per heavy atom. The van der Waals surface area contributed by atoms with Crippen LogP contribution in [0.3, 0.4) is 0 Å². The fourth-order valence-electron chi connectivity index (χ4n) is 1.42. The summed E-state index contributed by atoms with van der Waals surface area (Å²) in [5, 5.41) is 0.602. The summed E-state index contributed by atoms with van der Waals surface area (Å²) in [6.45, 7) is 10.2. The SMILES string of the molecule is C=C(C(=O)OC)[Si](C)(C)N1CCOC1. The molecule has 0 amide bonds. The molecule has 14 heavy (non-hydrogen) atoms. The molecule has 1 heterocycles. The summed E-state index contributed by atoms with van der Waals surface area (Å²) in [7, 11) is -0.531. The lowest BCUT2D eigenvalue weighted by Crippen LogP contribution is -2.51. The van der Waals surface area contributed by atoms with Gasteiger partial charge in [0.1, 0.15) is 0 Å². The molecular formula is C9H17NO3Si. The van der Waals surface area contributed by atoms with Crippen LogP contribution >= 0.6 is 0 Å². The van der Waals surface area contributed by atoms with Crippen molar-refractivity contribution in [2.24, 2.45) is 0 Å². The first kappa shape index (κ1) is 11.4. The highest BCUT2D eigenvalue weighted by Gasteiger charge is 2.38. The molecule has 4 nitrogen and oxygen atoms in total. The molecule has 5 heteroatoms. The zero-order valence-electron chi connectivity index (χ0n) is 9.00. The van der Waals surface area contributed by atoms with E-state index in [9.17, 15) is 4.79 Å². The Bertz CT molecular complexity index is 246. The van der Waals surface area contributed by atoms with Crippen LogP contribution in [-0.4, -0.2) is 45.8 Å². The van der Waals surface area contributed by atoms with E-state index in [0.717, 1.165) is 13.2 Å². The van der Waals surface area contributed by atoms with Gasteiger partial charge >= 0.3 is 5.97 Å². The van der Waals surface area contributed by atoms with Gasteiger partial charge < -0.3 is 9.47 Å². The summed E-state index contributed by atoms with van der Waals surface area (Å²) in [5.41, 5.74) is 0. The normalized spacial score (nSPS) is 18.2. The molecule has 1 saturated heterocycles. The number of carbonyl (C=O) groups is 1. The smallest absolute Gasteiger partial charge is 0.330 e. The standard InChI is InChI=1S/C9H17NO3Si/c1-8(9(11)12-2)14(3,4)10-5-6-13-7-10/h1,5-7H2,2-4H3. The number of ether oxygens (including phenoxy) is 2. The summed E-state index contributed by atoms with van der Waals surface area (Å²) in [6.07, 6.45) is 0. The fourth-order valence-corrected chi connectivity index (χ4v) is 3.47. The van der Waals surface area contributed by atoms with Crippen molar-refractivity contribution in [3.05, 3.63) is 11.8 Å². The minimum Gasteiger partial charge on any atom is -0.466 e. The van der Waals surface area contributed by atoms with E-state index in [4.69, 9.17) is 4.74 Å². The van der Waals surface area contributed by atoms with Gasteiger partial charge in [0, 0.05) is 11.7 Å². The van der Waals surface area contributed by atoms with Crippen LogP contribution in [-0.2, 0) is 14.3 Å². The van der Waals surface area contributed by atoms with E-state index >= 15 is 0 Å². The van der Waals surface area contributed by atoms with Gasteiger partial charge in [0.25, 0.3) is 0 Å². The number of rotatable bonds is 3. The number of hydrogen-bond acceptors (Lipinski definition) is 4. The van der Waals surface area contributed by atoms with Gasteiger partial charge in [-0.15, -0.1) is 0 Å². The van der Waals surface area contributed by atoms with Crippen LogP contribution in [0.15, 0.2) is 11.8 Å². The fraction of sp³-hybridized carbons (Fsp3) is 0.667. The number of nitrogens with zero attached hydrogens (tertiary/aromatic N) is 1. The predicted molar refractivity (Wildman–Crippen MR) is 56.2 cm³/mol. The maximum absolute atomic E-state index is 11.4. The second kappa shape index (κ2) is 4.25. The first-order valence-corrected chi connectivity index (χ1v) is 7.55. The van der Waals surface area contributed by atoms with E-state index in [1.54, 1.807) is 0 Å². The minimum absolute atomic E-state index is 0.298. The Balaban J connectivity index is 2.72. The van der Waals surface area contributed by atoms with Crippen LogP contribution in [0.2, 0.25) is 13.1 Å². The van der Waals surface area contributed by atoms with Crippen molar-refractivity contribution in [2.45, 2.75) is 13.1 Å². The molecule has 0 aliphatic carbocycles. The van der Waals surface area contributed by atoms with Gasteiger partial charge in [-0.2, -0.15) is 0 Å². The van der Waals surface area contributed by atoms with Crippen LogP contribution in [0.1, 0.15) is 0 Å². The molecule has 1 aliphatic heterocycles. The van der Waals surface area contributed by atoms with Crippen molar-refractivity contribution in [2.75, 3.05) is 27.0 Å². The summed E-state index contributed by atoms with van der Waals surface area (Å²) >= 11 is 0. The molecule has 0 N–H and O–H groups in total. The third-order valence-electron chi connectivity index (χ3n) is 2.71. The van der Waals surface area contributed by atoms with Crippen molar-refractivity contribution in [1.82, 2.24) is 4.57 Å². The maximum atomic E-state index is 11.4. The number of esters is 1. The van der Waals surface area contributed by atoms with Crippen LogP contribution in [0.5, 0.6) is 0 Å². The first-order valence-electron chi connectivity index (χ1n) is 4.60. The van der Waals surface area contributed by atoms with Gasteiger partial charge in [-0.25, -0.2) is 4.79 Å². The van der Waals surface area contributed by atoms with Gasteiger partial charge in [-0.05, 0) is 0 Å². The summed E-state index contributed by atoms with van der Waals surface area (Å²) in [6, 6.07) is 0. The summed E-state index contributed by atoms with van der Waals surface area (Å²) in [5.74, 6) is -0.298. The molecule has 1 rings (SSSR count). The van der Waals surface area contributed by atoms with Crippen LogP contribution in [0, 0.1) is 0 Å². The molecule has 80 valence electrons. The van der Waals surface area contributed by atoms with E-state index in [1.165, 1.54) is 7.11 Å². The molecule has 0 aromatic rings. The second-order valence-electron chi connectivity index (χ2n) is 3.83. The molecule has 1 aliphatic rings. The quantitative estimate of drug-likeness (QED) is 0.395. The lowest BCUT2D eigenvalue weighted by molar-refractivity contribution is -0.135. The van der Waals surface area contributed by atoms with Crippen LogP contribution < -0.4 is 0 Å². The van der Waals surface area contributed by atoms with Gasteiger partial charge in [-0.3, -0.25) is 4.57 Å². The van der Waals surface area contributed by atoms with Gasteiger partial charge in [0.2, 0.25) is 0 Å². The molecule has 0 atom stereocenters. The third-order valence-corrected chi connectivity index (χ3v) is 6.33. The van der Waals surface area contributed by atoms with Gasteiger partial charge in [0.05, 0.1) is 20.4 Å². The molecule has 0 radical (unpaired) electrons. The number of methoxy groups -OCH3 is 1. The maximum Gasteiger partial charge on any atom is 0.330 e. The van der Waals surface area contributed by atoms with Crippen molar-refractivity contribution < 1.29 is 14.3 Å². The van der Waals surface area contributed by atoms with Gasteiger partial charge in [-0.1, -0.05) is 19.7 Å². The zero-order valence-corrected chi connectivity index (χ0v) is 10.0. The van der Waals surface area contributed by atoms with Crippen LogP contribution in [0.25, 0.3) is 0 Å². The average molecular weight is 215 g/mol. The number of hydrogen-bond donors (Lipinski definition) is 0. The predicted octanol–water partition coefficient (Wildman–Crippen LogP) is 0.750. The van der Waals surface area contributed by atoms with E-state index in [-0.39, 0.29) is 5.97 Å². The first-order chi connectivity index (χ1) is 6.50.